The third kappa shape index (κ3) is 3.41. The van der Waals surface area contributed by atoms with Crippen LogP contribution >= 0.6 is 23.2 Å². The maximum Gasteiger partial charge on any atom is 0.337 e. The second kappa shape index (κ2) is 6.12. The van der Waals surface area contributed by atoms with E-state index in [4.69, 9.17) is 23.2 Å². The van der Waals surface area contributed by atoms with Gasteiger partial charge >= 0.3 is 12.0 Å². The number of urea groups is 1. The molecule has 0 bridgehead atoms. The summed E-state index contributed by atoms with van der Waals surface area (Å²) >= 11 is 11.8. The van der Waals surface area contributed by atoms with Crippen LogP contribution in [-0.2, 0) is 0 Å². The van der Waals surface area contributed by atoms with Crippen molar-refractivity contribution in [1.29, 1.82) is 0 Å². The van der Waals surface area contributed by atoms with Crippen molar-refractivity contribution in [1.82, 2.24) is 5.32 Å². The molecule has 0 saturated heterocycles. The minimum absolute atomic E-state index is 0.0524. The smallest absolute Gasteiger partial charge is 0.337 e. The Bertz CT molecular complexity index is 580. The molecular weight excluding hydrogens is 315 g/mol. The summed E-state index contributed by atoms with van der Waals surface area (Å²) < 4.78 is 0. The number of anilines is 1. The molecule has 1 aromatic rings. The number of hydrogen-bond donors (Lipinski definition) is 3. The van der Waals surface area contributed by atoms with E-state index in [9.17, 15) is 14.7 Å². The summed E-state index contributed by atoms with van der Waals surface area (Å²) in [4.78, 5) is 23.3. The summed E-state index contributed by atoms with van der Waals surface area (Å²) in [6, 6.07) is 2.19. The van der Waals surface area contributed by atoms with Crippen LogP contribution in [0.1, 0.15) is 43.0 Å². The molecule has 0 aliphatic heterocycles. The van der Waals surface area contributed by atoms with Gasteiger partial charge in [0.15, 0.2) is 0 Å². The summed E-state index contributed by atoms with van der Waals surface area (Å²) in [6.45, 7) is 2.01. The molecule has 1 aliphatic rings. The molecule has 3 N–H and O–H groups in total. The topological polar surface area (TPSA) is 78.4 Å². The number of carbonyl (C=O) groups excluding carboxylic acids is 1. The summed E-state index contributed by atoms with van der Waals surface area (Å²) in [5, 5.41) is 14.9. The number of halogens is 2. The number of aromatic carboxylic acids is 1. The molecule has 114 valence electrons. The third-order valence-electron chi connectivity index (χ3n) is 3.89. The molecule has 21 heavy (non-hydrogen) atoms. The van der Waals surface area contributed by atoms with Crippen molar-refractivity contribution >= 4 is 40.9 Å². The second-order valence-corrected chi connectivity index (χ2v) is 6.03. The van der Waals surface area contributed by atoms with Crippen molar-refractivity contribution < 1.29 is 14.7 Å². The highest BCUT2D eigenvalue weighted by Gasteiger charge is 2.36. The van der Waals surface area contributed by atoms with E-state index in [1.165, 1.54) is 12.1 Å². The largest absolute Gasteiger partial charge is 0.478 e. The number of carboxylic acid groups (broad SMARTS) is 1. The lowest BCUT2D eigenvalue weighted by atomic mass is 9.75. The fourth-order valence-electron chi connectivity index (χ4n) is 2.43. The molecule has 0 unspecified atom stereocenters. The Balaban J connectivity index is 2.19. The Kier molecular flexibility index (Phi) is 4.64. The second-order valence-electron chi connectivity index (χ2n) is 5.18. The van der Waals surface area contributed by atoms with Crippen molar-refractivity contribution in [2.75, 3.05) is 5.32 Å². The van der Waals surface area contributed by atoms with Gasteiger partial charge in [-0.15, -0.1) is 0 Å². The van der Waals surface area contributed by atoms with Crippen LogP contribution in [0.25, 0.3) is 0 Å². The summed E-state index contributed by atoms with van der Waals surface area (Å²) in [5.41, 5.74) is -0.273. The van der Waals surface area contributed by atoms with Crippen molar-refractivity contribution in [2.24, 2.45) is 0 Å². The van der Waals surface area contributed by atoms with E-state index in [2.05, 4.69) is 10.6 Å². The van der Waals surface area contributed by atoms with Crippen molar-refractivity contribution in [3.63, 3.8) is 0 Å². The van der Waals surface area contributed by atoms with Crippen molar-refractivity contribution in [2.45, 2.75) is 38.1 Å². The average molecular weight is 331 g/mol. The first-order chi connectivity index (χ1) is 9.87. The first-order valence-corrected chi connectivity index (χ1v) is 7.44. The van der Waals surface area contributed by atoms with E-state index in [0.29, 0.717) is 0 Å². The predicted molar refractivity (Wildman–Crippen MR) is 82.4 cm³/mol. The van der Waals surface area contributed by atoms with Gasteiger partial charge in [-0.1, -0.05) is 30.1 Å². The molecule has 1 saturated carbocycles. The van der Waals surface area contributed by atoms with Crippen LogP contribution in [-0.4, -0.2) is 22.6 Å². The molecule has 1 fully saturated rings. The third-order valence-corrected chi connectivity index (χ3v) is 4.41. The molecule has 1 aromatic carbocycles. The molecule has 0 aromatic heterocycles. The molecular formula is C14H16Cl2N2O3. The van der Waals surface area contributed by atoms with Gasteiger partial charge in [-0.2, -0.15) is 0 Å². The fourth-order valence-corrected chi connectivity index (χ4v) is 2.97. The monoisotopic (exact) mass is 330 g/mol. The lowest BCUT2D eigenvalue weighted by Crippen LogP contribution is -2.54. The van der Waals surface area contributed by atoms with Gasteiger partial charge in [0.2, 0.25) is 0 Å². The number of benzene rings is 1. The first kappa shape index (κ1) is 15.9. The van der Waals surface area contributed by atoms with E-state index in [1.807, 2.05) is 6.92 Å². The van der Waals surface area contributed by atoms with Crippen molar-refractivity contribution in [3.05, 3.63) is 27.7 Å². The minimum atomic E-state index is -1.21. The van der Waals surface area contributed by atoms with Crippen LogP contribution in [0.3, 0.4) is 0 Å². The molecule has 2 amide bonds. The van der Waals surface area contributed by atoms with E-state index < -0.39 is 12.0 Å². The molecule has 7 heteroatoms. The minimum Gasteiger partial charge on any atom is -0.478 e. The zero-order valence-corrected chi connectivity index (χ0v) is 13.0. The van der Waals surface area contributed by atoms with Gasteiger partial charge in [0.25, 0.3) is 0 Å². The standard InChI is InChI=1S/C14H16Cl2N2O3/c1-2-14(4-3-5-14)18-13(21)17-11-9(12(19)20)6-8(15)7-10(11)16/h6-7H,2-5H2,1H3,(H,19,20)(H2,17,18,21). The highest BCUT2D eigenvalue weighted by molar-refractivity contribution is 6.37. The fraction of sp³-hybridized carbons (Fsp3) is 0.429. The lowest BCUT2D eigenvalue weighted by Gasteiger charge is -2.41. The van der Waals surface area contributed by atoms with Crippen LogP contribution < -0.4 is 10.6 Å². The first-order valence-electron chi connectivity index (χ1n) is 6.68. The molecule has 5 nitrogen and oxygen atoms in total. The molecule has 0 atom stereocenters. The van der Waals surface area contributed by atoms with Gasteiger partial charge in [-0.3, -0.25) is 0 Å². The SMILES string of the molecule is CCC1(NC(=O)Nc2c(Cl)cc(Cl)cc2C(=O)O)CCC1. The van der Waals surface area contributed by atoms with E-state index >= 15 is 0 Å². The Morgan fingerprint density at radius 3 is 2.48 bits per heavy atom. The molecule has 2 rings (SSSR count). The van der Waals surface area contributed by atoms with E-state index in [0.717, 1.165) is 25.7 Å². The lowest BCUT2D eigenvalue weighted by molar-refractivity contribution is 0.0698. The maximum absolute atomic E-state index is 12.1. The van der Waals surface area contributed by atoms with Gasteiger partial charge in [-0.05, 0) is 37.8 Å². The predicted octanol–water partition coefficient (Wildman–Crippen LogP) is 4.15. The Morgan fingerprint density at radius 1 is 1.33 bits per heavy atom. The number of nitrogens with one attached hydrogen (secondary N) is 2. The Hall–Kier alpha value is -1.46. The maximum atomic E-state index is 12.1. The van der Waals surface area contributed by atoms with Crippen LogP contribution in [0.4, 0.5) is 10.5 Å². The highest BCUT2D eigenvalue weighted by Crippen LogP contribution is 2.35. The van der Waals surface area contributed by atoms with Crippen LogP contribution in [0.15, 0.2) is 12.1 Å². The summed E-state index contributed by atoms with van der Waals surface area (Å²) in [6.07, 6.45) is 3.77. The van der Waals surface area contributed by atoms with Gasteiger partial charge in [-0.25, -0.2) is 9.59 Å². The number of carboxylic acids is 1. The van der Waals surface area contributed by atoms with Crippen molar-refractivity contribution in [3.8, 4) is 0 Å². The van der Waals surface area contributed by atoms with Gasteiger partial charge in [0.05, 0.1) is 16.3 Å². The van der Waals surface area contributed by atoms with E-state index in [-0.39, 0.29) is 26.8 Å². The Morgan fingerprint density at radius 2 is 2.00 bits per heavy atom. The highest BCUT2D eigenvalue weighted by atomic mass is 35.5. The molecule has 1 aliphatic carbocycles. The zero-order valence-electron chi connectivity index (χ0n) is 11.5. The van der Waals surface area contributed by atoms with Gasteiger partial charge < -0.3 is 15.7 Å². The number of amides is 2. The molecule has 0 radical (unpaired) electrons. The van der Waals surface area contributed by atoms with Gasteiger partial charge in [0.1, 0.15) is 0 Å². The summed E-state index contributed by atoms with van der Waals surface area (Å²) in [5.74, 6) is -1.21. The number of rotatable bonds is 4. The number of carbonyl (C=O) groups is 2. The average Bonchev–Trinajstić information content (AvgIpc) is 2.36. The number of hydrogen-bond acceptors (Lipinski definition) is 2. The normalized spacial score (nSPS) is 16.0. The molecule has 0 heterocycles. The zero-order chi connectivity index (χ0) is 15.6. The quantitative estimate of drug-likeness (QED) is 0.776. The molecule has 0 spiro atoms. The summed E-state index contributed by atoms with van der Waals surface area (Å²) in [7, 11) is 0. The van der Waals surface area contributed by atoms with E-state index in [1.54, 1.807) is 0 Å². The van der Waals surface area contributed by atoms with Crippen LogP contribution in [0, 0.1) is 0 Å². The van der Waals surface area contributed by atoms with Crippen LogP contribution in [0.5, 0.6) is 0 Å². The van der Waals surface area contributed by atoms with Crippen LogP contribution in [0.2, 0.25) is 10.0 Å². The Labute approximate surface area is 132 Å². The van der Waals surface area contributed by atoms with Gasteiger partial charge in [0, 0.05) is 10.6 Å².